The molecule has 0 radical (unpaired) electrons. The van der Waals surface area contributed by atoms with Crippen molar-refractivity contribution < 1.29 is 23.7 Å². The fraction of sp³-hybridized carbons (Fsp3) is 0.714. The smallest absolute Gasteiger partial charge is 0.330 e. The minimum absolute atomic E-state index is 0.0408. The largest absolute Gasteiger partial charge is 0.387 e. The van der Waals surface area contributed by atoms with Gasteiger partial charge in [-0.1, -0.05) is 0 Å². The fourth-order valence-corrected chi connectivity index (χ4v) is 2.74. The van der Waals surface area contributed by atoms with Gasteiger partial charge in [0.25, 0.3) is 5.56 Å². The number of alkyl halides is 1. The average Bonchev–Trinajstić information content (AvgIpc) is 2.82. The quantitative estimate of drug-likeness (QED) is 0.784. The van der Waals surface area contributed by atoms with Crippen LogP contribution in [0.15, 0.2) is 21.9 Å². The number of aromatic amines is 1. The van der Waals surface area contributed by atoms with Gasteiger partial charge in [0.2, 0.25) is 0 Å². The summed E-state index contributed by atoms with van der Waals surface area (Å²) in [6.45, 7) is 0.570. The molecule has 9 heteroatoms. The van der Waals surface area contributed by atoms with Gasteiger partial charge in [0.05, 0.1) is 6.61 Å². The summed E-state index contributed by atoms with van der Waals surface area (Å²) < 4.78 is 31.5. The molecule has 23 heavy (non-hydrogen) atoms. The van der Waals surface area contributed by atoms with Crippen LogP contribution in [0.1, 0.15) is 25.5 Å². The Balaban J connectivity index is 1.65. The second kappa shape index (κ2) is 6.91. The number of aromatic nitrogens is 2. The maximum Gasteiger partial charge on any atom is 0.330 e. The van der Waals surface area contributed by atoms with Crippen molar-refractivity contribution in [3.63, 3.8) is 0 Å². The Morgan fingerprint density at radius 1 is 1.43 bits per heavy atom. The molecule has 128 valence electrons. The minimum atomic E-state index is -1.81. The molecule has 8 nitrogen and oxygen atoms in total. The summed E-state index contributed by atoms with van der Waals surface area (Å²) in [5, 5.41) is 9.96. The first-order valence-electron chi connectivity index (χ1n) is 7.58. The van der Waals surface area contributed by atoms with Crippen LogP contribution in [0.3, 0.4) is 0 Å². The fourth-order valence-electron chi connectivity index (χ4n) is 2.74. The van der Waals surface area contributed by atoms with Crippen molar-refractivity contribution in [2.24, 2.45) is 0 Å². The Hall–Kier alpha value is -1.55. The van der Waals surface area contributed by atoms with Crippen LogP contribution in [0, 0.1) is 0 Å². The maximum atomic E-state index is 14.2. The third-order valence-corrected chi connectivity index (χ3v) is 4.00. The van der Waals surface area contributed by atoms with E-state index in [1.54, 1.807) is 0 Å². The van der Waals surface area contributed by atoms with Gasteiger partial charge in [-0.25, -0.2) is 9.18 Å². The zero-order valence-electron chi connectivity index (χ0n) is 12.4. The van der Waals surface area contributed by atoms with Gasteiger partial charge < -0.3 is 19.3 Å². The minimum Gasteiger partial charge on any atom is -0.387 e. The number of nitrogens with one attached hydrogen (secondary N) is 1. The molecule has 2 aliphatic rings. The lowest BCUT2D eigenvalue weighted by molar-refractivity contribution is -0.185. The van der Waals surface area contributed by atoms with Crippen LogP contribution in [0.4, 0.5) is 4.39 Å². The van der Waals surface area contributed by atoms with Crippen LogP contribution in [-0.2, 0) is 14.2 Å². The Morgan fingerprint density at radius 2 is 2.26 bits per heavy atom. The van der Waals surface area contributed by atoms with E-state index >= 15 is 0 Å². The second-order valence-electron chi connectivity index (χ2n) is 5.65. The van der Waals surface area contributed by atoms with E-state index in [1.165, 1.54) is 0 Å². The number of rotatable bonds is 4. The highest BCUT2D eigenvalue weighted by Gasteiger charge is 2.45. The van der Waals surface area contributed by atoms with Crippen LogP contribution >= 0.6 is 0 Å². The molecule has 0 aromatic carbocycles. The van der Waals surface area contributed by atoms with Gasteiger partial charge in [-0.05, 0) is 19.3 Å². The highest BCUT2D eigenvalue weighted by Crippen LogP contribution is 2.31. The van der Waals surface area contributed by atoms with Gasteiger partial charge in [0.1, 0.15) is 12.2 Å². The molecule has 0 aliphatic carbocycles. The zero-order chi connectivity index (χ0) is 16.4. The van der Waals surface area contributed by atoms with Crippen molar-refractivity contribution in [3.05, 3.63) is 33.1 Å². The number of ether oxygens (including phenoxy) is 3. The Labute approximate surface area is 130 Å². The van der Waals surface area contributed by atoms with Crippen molar-refractivity contribution >= 4 is 0 Å². The van der Waals surface area contributed by atoms with Crippen LogP contribution < -0.4 is 11.2 Å². The molecule has 5 atom stereocenters. The van der Waals surface area contributed by atoms with Crippen LogP contribution in [0.5, 0.6) is 0 Å². The lowest BCUT2D eigenvalue weighted by Gasteiger charge is -2.24. The van der Waals surface area contributed by atoms with E-state index in [4.69, 9.17) is 14.2 Å². The van der Waals surface area contributed by atoms with E-state index in [0.717, 1.165) is 36.1 Å². The zero-order valence-corrected chi connectivity index (χ0v) is 12.4. The van der Waals surface area contributed by atoms with Crippen molar-refractivity contribution in [2.75, 3.05) is 13.2 Å². The van der Waals surface area contributed by atoms with Gasteiger partial charge in [-0.2, -0.15) is 0 Å². The van der Waals surface area contributed by atoms with Crippen molar-refractivity contribution in [1.29, 1.82) is 0 Å². The molecular formula is C14H19FN2O6. The first-order valence-corrected chi connectivity index (χ1v) is 7.58. The maximum absolute atomic E-state index is 14.2. The first-order chi connectivity index (χ1) is 11.1. The number of hydrogen-bond acceptors (Lipinski definition) is 6. The molecule has 3 rings (SSSR count). The standard InChI is InChI=1S/C14H19FN2O6/c15-11-12(19)8(7-22-10-3-1-2-6-21-10)23-13(11)17-5-4-9(18)16-14(17)20/h4-5,8,10-13,19H,1-3,6-7H2,(H,16,18,20). The second-order valence-corrected chi connectivity index (χ2v) is 5.65. The van der Waals surface area contributed by atoms with E-state index in [2.05, 4.69) is 0 Å². The number of hydrogen-bond donors (Lipinski definition) is 2. The van der Waals surface area contributed by atoms with Crippen LogP contribution in [0.2, 0.25) is 0 Å². The molecule has 1 aromatic heterocycles. The van der Waals surface area contributed by atoms with Crippen molar-refractivity contribution in [2.45, 2.75) is 50.2 Å². The summed E-state index contributed by atoms with van der Waals surface area (Å²) in [5.41, 5.74) is -1.39. The van der Waals surface area contributed by atoms with Crippen LogP contribution in [0.25, 0.3) is 0 Å². The van der Waals surface area contributed by atoms with Crippen LogP contribution in [-0.4, -0.2) is 52.5 Å². The Kier molecular flexibility index (Phi) is 4.90. The molecule has 2 N–H and O–H groups in total. The average molecular weight is 330 g/mol. The predicted octanol–water partition coefficient (Wildman–Crippen LogP) is -0.324. The SMILES string of the molecule is O=c1ccn(C2OC(COC3CCCCO3)C(O)C2F)c(=O)[nH]1. The summed E-state index contributed by atoms with van der Waals surface area (Å²) in [6.07, 6.45) is -2.00. The molecule has 5 unspecified atom stereocenters. The summed E-state index contributed by atoms with van der Waals surface area (Å²) in [6, 6.07) is 1.09. The molecule has 2 aliphatic heterocycles. The molecular weight excluding hydrogens is 311 g/mol. The molecule has 2 fully saturated rings. The van der Waals surface area contributed by atoms with Crippen molar-refractivity contribution in [3.8, 4) is 0 Å². The lowest BCUT2D eigenvalue weighted by atomic mass is 10.1. The van der Waals surface area contributed by atoms with E-state index in [-0.39, 0.29) is 12.9 Å². The third kappa shape index (κ3) is 3.52. The molecule has 0 amide bonds. The third-order valence-electron chi connectivity index (χ3n) is 4.00. The van der Waals surface area contributed by atoms with Gasteiger partial charge in [-0.3, -0.25) is 14.3 Å². The number of aliphatic hydroxyl groups is 1. The number of nitrogens with zero attached hydrogens (tertiary/aromatic N) is 1. The highest BCUT2D eigenvalue weighted by atomic mass is 19.1. The molecule has 3 heterocycles. The van der Waals surface area contributed by atoms with E-state index in [1.807, 2.05) is 4.98 Å². The van der Waals surface area contributed by atoms with Gasteiger partial charge >= 0.3 is 5.69 Å². The molecule has 0 bridgehead atoms. The Morgan fingerprint density at radius 3 is 2.96 bits per heavy atom. The topological polar surface area (TPSA) is 103 Å². The molecule has 2 saturated heterocycles. The normalized spacial score (nSPS) is 34.6. The van der Waals surface area contributed by atoms with E-state index < -0.39 is 35.9 Å². The van der Waals surface area contributed by atoms with E-state index in [9.17, 15) is 19.1 Å². The van der Waals surface area contributed by atoms with Gasteiger partial charge in [0.15, 0.2) is 18.7 Å². The molecule has 0 saturated carbocycles. The summed E-state index contributed by atoms with van der Waals surface area (Å²) in [4.78, 5) is 24.8. The number of halogens is 1. The molecule has 0 spiro atoms. The number of aliphatic hydroxyl groups excluding tert-OH is 1. The first kappa shape index (κ1) is 16.3. The highest BCUT2D eigenvalue weighted by molar-refractivity contribution is 4.93. The van der Waals surface area contributed by atoms with Crippen molar-refractivity contribution in [1.82, 2.24) is 9.55 Å². The number of H-pyrrole nitrogens is 1. The molecule has 1 aromatic rings. The summed E-state index contributed by atoms with van der Waals surface area (Å²) in [7, 11) is 0. The van der Waals surface area contributed by atoms with Gasteiger partial charge in [0, 0.05) is 18.9 Å². The Bertz CT molecular complexity index is 641. The summed E-state index contributed by atoms with van der Waals surface area (Å²) >= 11 is 0. The lowest BCUT2D eigenvalue weighted by Crippen LogP contribution is -2.36. The summed E-state index contributed by atoms with van der Waals surface area (Å²) in [5.74, 6) is 0. The van der Waals surface area contributed by atoms with E-state index in [0.29, 0.717) is 6.61 Å². The predicted molar refractivity (Wildman–Crippen MR) is 75.7 cm³/mol. The monoisotopic (exact) mass is 330 g/mol. The van der Waals surface area contributed by atoms with Gasteiger partial charge in [-0.15, -0.1) is 0 Å².